The predicted molar refractivity (Wildman–Crippen MR) is 73.5 cm³/mol. The van der Waals surface area contributed by atoms with Crippen LogP contribution in [-0.2, 0) is 0 Å². The topological polar surface area (TPSA) is 67.7 Å². The first-order valence-electron chi connectivity index (χ1n) is 5.90. The Morgan fingerprint density at radius 2 is 1.89 bits per heavy atom. The van der Waals surface area contributed by atoms with Gasteiger partial charge in [-0.25, -0.2) is 4.68 Å². The van der Waals surface area contributed by atoms with Crippen LogP contribution in [0.3, 0.4) is 0 Å². The average Bonchev–Trinajstić information content (AvgIpc) is 2.56. The Hall–Kier alpha value is -2.10. The van der Waals surface area contributed by atoms with Crippen molar-refractivity contribution in [1.82, 2.24) is 9.78 Å². The molecule has 0 amide bonds. The summed E-state index contributed by atoms with van der Waals surface area (Å²) in [5, 5.41) is 12.0. The maximum Gasteiger partial charge on any atom is 0.123 e. The lowest BCUT2D eigenvalue weighted by Crippen LogP contribution is -2.13. The van der Waals surface area contributed by atoms with Gasteiger partial charge in [-0.3, -0.25) is 5.41 Å². The van der Waals surface area contributed by atoms with E-state index in [1.54, 1.807) is 0 Å². The summed E-state index contributed by atoms with van der Waals surface area (Å²) >= 11 is 0. The van der Waals surface area contributed by atoms with Crippen LogP contribution in [0.1, 0.15) is 28.1 Å². The lowest BCUT2D eigenvalue weighted by Gasteiger charge is -2.09. The van der Waals surface area contributed by atoms with Gasteiger partial charge in [0.15, 0.2) is 0 Å². The fraction of sp³-hybridized carbons (Fsp3) is 0.286. The summed E-state index contributed by atoms with van der Waals surface area (Å²) in [6, 6.07) is 5.83. The minimum Gasteiger partial charge on any atom is -0.384 e. The van der Waals surface area contributed by atoms with Crippen LogP contribution in [0.2, 0.25) is 0 Å². The molecular weight excluding hydrogens is 224 g/mol. The van der Waals surface area contributed by atoms with E-state index < -0.39 is 0 Å². The Morgan fingerprint density at radius 3 is 2.33 bits per heavy atom. The highest BCUT2D eigenvalue weighted by atomic mass is 15.3. The summed E-state index contributed by atoms with van der Waals surface area (Å²) < 4.78 is 1.93. The molecule has 0 aliphatic heterocycles. The molecule has 0 spiro atoms. The number of nitrogens with zero attached hydrogens (tertiary/aromatic N) is 2. The first-order chi connectivity index (χ1) is 8.41. The van der Waals surface area contributed by atoms with Crippen molar-refractivity contribution in [2.24, 2.45) is 5.73 Å². The molecule has 0 fully saturated rings. The summed E-state index contributed by atoms with van der Waals surface area (Å²) in [4.78, 5) is 0. The zero-order valence-electron chi connectivity index (χ0n) is 11.2. The standard InChI is InChI=1S/C14H18N4/c1-8-7-12(5-6-13(8)14(15)16)18-11(4)9(2)10(3)17-18/h5-7H,1-4H3,(H3,15,16). The summed E-state index contributed by atoms with van der Waals surface area (Å²) in [6.07, 6.45) is 0. The Balaban J connectivity index is 2.55. The van der Waals surface area contributed by atoms with Gasteiger partial charge in [-0.05, 0) is 57.0 Å². The fourth-order valence-electron chi connectivity index (χ4n) is 2.05. The second kappa shape index (κ2) is 4.29. The number of nitrogens with two attached hydrogens (primary N) is 1. The second-order valence-electron chi connectivity index (χ2n) is 4.62. The van der Waals surface area contributed by atoms with Crippen LogP contribution < -0.4 is 5.73 Å². The first kappa shape index (κ1) is 12.4. The number of nitrogen functional groups attached to an aromatic ring is 1. The smallest absolute Gasteiger partial charge is 0.123 e. The number of rotatable bonds is 2. The molecule has 0 saturated heterocycles. The van der Waals surface area contributed by atoms with Crippen molar-refractivity contribution < 1.29 is 0 Å². The molecule has 2 rings (SSSR count). The number of aryl methyl sites for hydroxylation is 2. The largest absolute Gasteiger partial charge is 0.384 e. The molecule has 4 heteroatoms. The van der Waals surface area contributed by atoms with E-state index >= 15 is 0 Å². The third-order valence-electron chi connectivity index (χ3n) is 3.40. The molecule has 1 heterocycles. The third kappa shape index (κ3) is 1.90. The van der Waals surface area contributed by atoms with E-state index in [9.17, 15) is 0 Å². The summed E-state index contributed by atoms with van der Waals surface area (Å²) in [7, 11) is 0. The van der Waals surface area contributed by atoms with Gasteiger partial charge in [0, 0.05) is 11.3 Å². The molecule has 1 aromatic carbocycles. The van der Waals surface area contributed by atoms with Crippen molar-refractivity contribution in [1.29, 1.82) is 5.41 Å². The highest BCUT2D eigenvalue weighted by Crippen LogP contribution is 2.19. The molecule has 94 valence electrons. The Labute approximate surface area is 107 Å². The molecule has 3 N–H and O–H groups in total. The van der Waals surface area contributed by atoms with Crippen LogP contribution in [0.25, 0.3) is 5.69 Å². The summed E-state index contributed by atoms with van der Waals surface area (Å²) in [5.41, 5.74) is 11.7. The maximum absolute atomic E-state index is 7.49. The molecule has 0 atom stereocenters. The molecule has 2 aromatic rings. The molecule has 0 bridgehead atoms. The fourth-order valence-corrected chi connectivity index (χ4v) is 2.05. The van der Waals surface area contributed by atoms with Crippen LogP contribution in [0, 0.1) is 33.1 Å². The van der Waals surface area contributed by atoms with Gasteiger partial charge in [0.25, 0.3) is 0 Å². The van der Waals surface area contributed by atoms with E-state index in [0.717, 1.165) is 28.2 Å². The van der Waals surface area contributed by atoms with Gasteiger partial charge in [-0.15, -0.1) is 0 Å². The zero-order valence-corrected chi connectivity index (χ0v) is 11.2. The van der Waals surface area contributed by atoms with Gasteiger partial charge in [0.05, 0.1) is 11.4 Å². The normalized spacial score (nSPS) is 10.7. The SMILES string of the molecule is Cc1cc(-n2nc(C)c(C)c2C)ccc1C(=N)N. The predicted octanol–water partition coefficient (Wildman–Crippen LogP) is 2.39. The van der Waals surface area contributed by atoms with Crippen molar-refractivity contribution in [3.05, 3.63) is 46.3 Å². The highest BCUT2D eigenvalue weighted by Gasteiger charge is 2.10. The Kier molecular flexibility index (Phi) is 2.95. The van der Waals surface area contributed by atoms with Gasteiger partial charge in [0.1, 0.15) is 5.84 Å². The molecule has 0 aliphatic carbocycles. The third-order valence-corrected chi connectivity index (χ3v) is 3.40. The highest BCUT2D eigenvalue weighted by molar-refractivity contribution is 5.96. The zero-order chi connectivity index (χ0) is 13.4. The first-order valence-corrected chi connectivity index (χ1v) is 5.90. The molecule has 0 radical (unpaired) electrons. The quantitative estimate of drug-likeness (QED) is 0.627. The van der Waals surface area contributed by atoms with Crippen LogP contribution in [0.4, 0.5) is 0 Å². The Bertz CT molecular complexity index is 623. The van der Waals surface area contributed by atoms with E-state index in [4.69, 9.17) is 11.1 Å². The Morgan fingerprint density at radius 1 is 1.22 bits per heavy atom. The van der Waals surface area contributed by atoms with E-state index in [1.165, 1.54) is 5.56 Å². The van der Waals surface area contributed by atoms with Crippen LogP contribution in [0.15, 0.2) is 18.2 Å². The van der Waals surface area contributed by atoms with Crippen LogP contribution in [-0.4, -0.2) is 15.6 Å². The minimum absolute atomic E-state index is 0.101. The van der Waals surface area contributed by atoms with Gasteiger partial charge < -0.3 is 5.73 Å². The molecule has 1 aromatic heterocycles. The van der Waals surface area contributed by atoms with E-state index in [0.29, 0.717) is 0 Å². The van der Waals surface area contributed by atoms with Gasteiger partial charge in [-0.1, -0.05) is 0 Å². The molecule has 4 nitrogen and oxygen atoms in total. The lowest BCUT2D eigenvalue weighted by molar-refractivity contribution is 0.832. The summed E-state index contributed by atoms with van der Waals surface area (Å²) in [6.45, 7) is 8.10. The van der Waals surface area contributed by atoms with E-state index in [1.807, 2.05) is 36.7 Å². The molecule has 0 unspecified atom stereocenters. The molecule has 0 aliphatic rings. The van der Waals surface area contributed by atoms with Gasteiger partial charge in [0.2, 0.25) is 0 Å². The van der Waals surface area contributed by atoms with E-state index in [2.05, 4.69) is 18.9 Å². The number of hydrogen-bond donors (Lipinski definition) is 2. The molecular formula is C14H18N4. The molecule has 18 heavy (non-hydrogen) atoms. The summed E-state index contributed by atoms with van der Waals surface area (Å²) in [5.74, 6) is 0.101. The van der Waals surface area contributed by atoms with Crippen molar-refractivity contribution >= 4 is 5.84 Å². The number of benzene rings is 1. The van der Waals surface area contributed by atoms with Crippen LogP contribution >= 0.6 is 0 Å². The lowest BCUT2D eigenvalue weighted by atomic mass is 10.1. The van der Waals surface area contributed by atoms with Crippen molar-refractivity contribution in [2.45, 2.75) is 27.7 Å². The van der Waals surface area contributed by atoms with Crippen LogP contribution in [0.5, 0.6) is 0 Å². The maximum atomic E-state index is 7.49. The number of hydrogen-bond acceptors (Lipinski definition) is 2. The minimum atomic E-state index is 0.101. The monoisotopic (exact) mass is 242 g/mol. The average molecular weight is 242 g/mol. The number of nitrogens with one attached hydrogen (secondary N) is 1. The van der Waals surface area contributed by atoms with Crippen molar-refractivity contribution in [3.8, 4) is 5.69 Å². The van der Waals surface area contributed by atoms with Crippen molar-refractivity contribution in [3.63, 3.8) is 0 Å². The van der Waals surface area contributed by atoms with Gasteiger partial charge in [-0.2, -0.15) is 5.10 Å². The van der Waals surface area contributed by atoms with Gasteiger partial charge >= 0.3 is 0 Å². The molecule has 0 saturated carbocycles. The second-order valence-corrected chi connectivity index (χ2v) is 4.62. The van der Waals surface area contributed by atoms with Crippen molar-refractivity contribution in [2.75, 3.05) is 0 Å². The van der Waals surface area contributed by atoms with E-state index in [-0.39, 0.29) is 5.84 Å². The number of aromatic nitrogens is 2. The number of amidine groups is 1.